The van der Waals surface area contributed by atoms with Crippen LogP contribution in [0.15, 0.2) is 60.7 Å². The van der Waals surface area contributed by atoms with E-state index in [2.05, 4.69) is 66.0 Å². The van der Waals surface area contributed by atoms with Crippen molar-refractivity contribution in [2.75, 3.05) is 81.8 Å². The van der Waals surface area contributed by atoms with E-state index in [1.807, 2.05) is 12.1 Å². The number of benzene rings is 3. The predicted molar refractivity (Wildman–Crippen MR) is 189 cm³/mol. The van der Waals surface area contributed by atoms with E-state index in [4.69, 9.17) is 18.9 Å². The molecule has 3 aromatic rings. The van der Waals surface area contributed by atoms with Gasteiger partial charge in [-0.1, -0.05) is 23.7 Å². The predicted octanol–water partition coefficient (Wildman–Crippen LogP) is 5.79. The van der Waals surface area contributed by atoms with Crippen LogP contribution >= 0.6 is 0 Å². The number of nitrogens with zero attached hydrogens (tertiary/aromatic N) is 2. The molecule has 0 atom stereocenters. The summed E-state index contributed by atoms with van der Waals surface area (Å²) in [5, 5.41) is 0. The number of carbonyl (C=O) groups excluding carboxylic acids is 2. The SMILES string of the molecule is CCOC(=O)c1ccc(C#Cc2cc(OCCC[N+](C)(C)C)c(C#Cc3ccc(C(=O)OCC)cc3)cc2OCCC[N+](C)(C)C)cc1. The minimum atomic E-state index is -0.361. The zero-order valence-electron chi connectivity index (χ0n) is 29.8. The summed E-state index contributed by atoms with van der Waals surface area (Å²) in [4.78, 5) is 24.2. The summed E-state index contributed by atoms with van der Waals surface area (Å²) < 4.78 is 24.5. The molecular weight excluding hydrogens is 604 g/mol. The summed E-state index contributed by atoms with van der Waals surface area (Å²) in [6, 6.07) is 17.9. The molecule has 48 heavy (non-hydrogen) atoms. The number of esters is 2. The molecule has 8 nitrogen and oxygen atoms in total. The number of hydrogen-bond acceptors (Lipinski definition) is 6. The second kappa shape index (κ2) is 18.0. The maximum Gasteiger partial charge on any atom is 0.338 e. The van der Waals surface area contributed by atoms with Crippen LogP contribution in [0.4, 0.5) is 0 Å². The third kappa shape index (κ3) is 13.2. The summed E-state index contributed by atoms with van der Waals surface area (Å²) in [7, 11) is 12.9. The number of rotatable bonds is 14. The molecule has 0 aliphatic carbocycles. The fourth-order valence-electron chi connectivity index (χ4n) is 4.52. The van der Waals surface area contributed by atoms with Crippen LogP contribution < -0.4 is 9.47 Å². The molecular formula is C40H50N2O6+2. The van der Waals surface area contributed by atoms with Crippen molar-refractivity contribution in [3.8, 4) is 35.2 Å². The van der Waals surface area contributed by atoms with Gasteiger partial charge in [-0.3, -0.25) is 0 Å². The van der Waals surface area contributed by atoms with Gasteiger partial charge in [-0.2, -0.15) is 0 Å². The third-order valence-corrected chi connectivity index (χ3v) is 7.02. The molecule has 8 heteroatoms. The van der Waals surface area contributed by atoms with Crippen molar-refractivity contribution in [1.29, 1.82) is 0 Å². The highest BCUT2D eigenvalue weighted by Crippen LogP contribution is 2.29. The third-order valence-electron chi connectivity index (χ3n) is 7.02. The maximum atomic E-state index is 12.1. The quantitative estimate of drug-likeness (QED) is 0.0949. The van der Waals surface area contributed by atoms with E-state index in [1.54, 1.807) is 62.4 Å². The number of hydrogen-bond donors (Lipinski definition) is 0. The van der Waals surface area contributed by atoms with Crippen molar-refractivity contribution in [3.05, 3.63) is 94.0 Å². The first kappa shape index (κ1) is 37.7. The highest BCUT2D eigenvalue weighted by molar-refractivity contribution is 5.90. The Morgan fingerprint density at radius 2 is 0.917 bits per heavy atom. The van der Waals surface area contributed by atoms with Gasteiger partial charge in [-0.25, -0.2) is 9.59 Å². The van der Waals surface area contributed by atoms with Gasteiger partial charge in [0.25, 0.3) is 0 Å². The minimum Gasteiger partial charge on any atom is -0.492 e. The van der Waals surface area contributed by atoms with E-state index >= 15 is 0 Å². The van der Waals surface area contributed by atoms with E-state index in [0.717, 1.165) is 46.0 Å². The van der Waals surface area contributed by atoms with Gasteiger partial charge in [0.05, 0.1) is 104 Å². The molecule has 0 heterocycles. The van der Waals surface area contributed by atoms with Crippen molar-refractivity contribution >= 4 is 11.9 Å². The van der Waals surface area contributed by atoms with Crippen LogP contribution in [0, 0.1) is 23.7 Å². The van der Waals surface area contributed by atoms with Crippen molar-refractivity contribution in [2.45, 2.75) is 26.7 Å². The molecule has 0 aliphatic heterocycles. The van der Waals surface area contributed by atoms with Gasteiger partial charge < -0.3 is 27.9 Å². The number of ether oxygens (including phenoxy) is 4. The first-order chi connectivity index (χ1) is 22.8. The zero-order valence-corrected chi connectivity index (χ0v) is 29.8. The van der Waals surface area contributed by atoms with Crippen LogP contribution in [-0.2, 0) is 9.47 Å². The first-order valence-electron chi connectivity index (χ1n) is 16.4. The summed E-state index contributed by atoms with van der Waals surface area (Å²) in [6.45, 7) is 7.14. The molecule has 0 spiro atoms. The Bertz CT molecular complexity index is 1520. The van der Waals surface area contributed by atoms with Gasteiger partial charge in [0, 0.05) is 36.1 Å². The molecule has 0 aromatic heterocycles. The van der Waals surface area contributed by atoms with Crippen LogP contribution in [0.5, 0.6) is 11.5 Å². The van der Waals surface area contributed by atoms with Crippen molar-refractivity contribution < 1.29 is 37.5 Å². The van der Waals surface area contributed by atoms with Gasteiger partial charge >= 0.3 is 11.9 Å². The highest BCUT2D eigenvalue weighted by atomic mass is 16.5. The first-order valence-corrected chi connectivity index (χ1v) is 16.4. The van der Waals surface area contributed by atoms with E-state index in [9.17, 15) is 9.59 Å². The van der Waals surface area contributed by atoms with E-state index < -0.39 is 0 Å². The standard InChI is InChI=1S/C40H50N2O6/c1-9-45-39(43)33-19-13-31(14-20-33)17-23-35-29-38(48-28-12-26-42(6,7)8)36(30-37(35)47-27-11-25-41(3,4)5)24-18-32-15-21-34(22-16-32)40(44)46-10-2/h13-16,19-22,29-30H,9-12,25-28H2,1-8H3/q+2. The molecule has 0 bridgehead atoms. The van der Waals surface area contributed by atoms with Gasteiger partial charge in [-0.15, -0.1) is 0 Å². The second-order valence-corrected chi connectivity index (χ2v) is 13.4. The largest absolute Gasteiger partial charge is 0.492 e. The Labute approximate surface area is 286 Å². The average molecular weight is 655 g/mol. The normalized spacial score (nSPS) is 11.0. The molecule has 0 fully saturated rings. The topological polar surface area (TPSA) is 71.1 Å². The lowest BCUT2D eigenvalue weighted by atomic mass is 10.1. The van der Waals surface area contributed by atoms with E-state index in [-0.39, 0.29) is 11.9 Å². The summed E-state index contributed by atoms with van der Waals surface area (Å²) >= 11 is 0. The Kier molecular flexibility index (Phi) is 14.1. The lowest BCUT2D eigenvalue weighted by Gasteiger charge is -2.24. The second-order valence-electron chi connectivity index (χ2n) is 13.4. The molecule has 3 aromatic carbocycles. The fraction of sp³-hybridized carbons (Fsp3) is 0.400. The van der Waals surface area contributed by atoms with E-state index in [0.29, 0.717) is 60.2 Å². The van der Waals surface area contributed by atoms with Gasteiger partial charge in [0.15, 0.2) is 0 Å². The molecule has 0 N–H and O–H groups in total. The zero-order chi connectivity index (χ0) is 35.2. The molecule has 0 saturated carbocycles. The number of quaternary nitrogens is 2. The smallest absolute Gasteiger partial charge is 0.338 e. The molecule has 0 amide bonds. The molecule has 0 aliphatic rings. The van der Waals surface area contributed by atoms with Crippen LogP contribution in [0.2, 0.25) is 0 Å². The highest BCUT2D eigenvalue weighted by Gasteiger charge is 2.14. The molecule has 0 unspecified atom stereocenters. The lowest BCUT2D eigenvalue weighted by molar-refractivity contribution is -0.870. The Balaban J connectivity index is 2.00. The lowest BCUT2D eigenvalue weighted by Crippen LogP contribution is -2.36. The molecule has 0 saturated heterocycles. The Morgan fingerprint density at radius 1 is 0.562 bits per heavy atom. The van der Waals surface area contributed by atoms with Gasteiger partial charge in [-0.05, 0) is 62.4 Å². The molecule has 254 valence electrons. The molecule has 0 radical (unpaired) electrons. The van der Waals surface area contributed by atoms with Crippen LogP contribution in [0.3, 0.4) is 0 Å². The van der Waals surface area contributed by atoms with Crippen molar-refractivity contribution in [3.63, 3.8) is 0 Å². The van der Waals surface area contributed by atoms with Crippen molar-refractivity contribution in [2.24, 2.45) is 0 Å². The summed E-state index contributed by atoms with van der Waals surface area (Å²) in [5.41, 5.74) is 3.82. The summed E-state index contributed by atoms with van der Waals surface area (Å²) in [5.74, 6) is 13.5. The minimum absolute atomic E-state index is 0.319. The van der Waals surface area contributed by atoms with Crippen LogP contribution in [0.1, 0.15) is 69.7 Å². The average Bonchev–Trinajstić information content (AvgIpc) is 3.03. The van der Waals surface area contributed by atoms with E-state index in [1.165, 1.54) is 0 Å². The number of carbonyl (C=O) groups is 2. The van der Waals surface area contributed by atoms with Crippen LogP contribution in [0.25, 0.3) is 0 Å². The van der Waals surface area contributed by atoms with Crippen molar-refractivity contribution in [1.82, 2.24) is 0 Å². The molecule has 3 rings (SSSR count). The Hall–Kier alpha value is -4.76. The maximum absolute atomic E-state index is 12.1. The Morgan fingerprint density at radius 3 is 1.23 bits per heavy atom. The van der Waals surface area contributed by atoms with Crippen LogP contribution in [-0.4, -0.2) is 103 Å². The van der Waals surface area contributed by atoms with Gasteiger partial charge in [0.2, 0.25) is 0 Å². The monoisotopic (exact) mass is 654 g/mol. The fourth-order valence-corrected chi connectivity index (χ4v) is 4.52. The summed E-state index contributed by atoms with van der Waals surface area (Å²) in [6.07, 6.45) is 1.73. The van der Waals surface area contributed by atoms with Gasteiger partial charge in [0.1, 0.15) is 11.5 Å².